The van der Waals surface area contributed by atoms with Gasteiger partial charge in [-0.05, 0) is 0 Å². The van der Waals surface area contributed by atoms with Crippen molar-refractivity contribution in [2.75, 3.05) is 26.7 Å². The monoisotopic (exact) mass is 144 g/mol. The van der Waals surface area contributed by atoms with Gasteiger partial charge in [0, 0.05) is 19.6 Å². The Balaban J connectivity index is 3.34. The summed E-state index contributed by atoms with van der Waals surface area (Å²) in [6.07, 6.45) is 3.91. The van der Waals surface area contributed by atoms with E-state index in [0.29, 0.717) is 6.54 Å². The fourth-order valence-electron chi connectivity index (χ4n) is 0.621. The Labute approximate surface area is 62.4 Å². The SMILES string of the molecule is CCN(C/C=C/CN)OC. The van der Waals surface area contributed by atoms with Gasteiger partial charge in [0.15, 0.2) is 0 Å². The third kappa shape index (κ3) is 4.49. The zero-order valence-electron chi connectivity index (χ0n) is 6.71. The maximum absolute atomic E-state index is 5.25. The van der Waals surface area contributed by atoms with Gasteiger partial charge in [0.2, 0.25) is 0 Å². The van der Waals surface area contributed by atoms with Gasteiger partial charge in [-0.1, -0.05) is 19.1 Å². The Morgan fingerprint density at radius 1 is 1.50 bits per heavy atom. The van der Waals surface area contributed by atoms with E-state index in [0.717, 1.165) is 13.1 Å². The highest BCUT2D eigenvalue weighted by Crippen LogP contribution is 1.86. The molecule has 0 amide bonds. The molecule has 2 N–H and O–H groups in total. The predicted molar refractivity (Wildman–Crippen MR) is 42.5 cm³/mol. The average molecular weight is 144 g/mol. The lowest BCUT2D eigenvalue weighted by atomic mass is 10.5. The first kappa shape index (κ1) is 9.62. The minimum atomic E-state index is 0.598. The average Bonchev–Trinajstić information content (AvgIpc) is 1.99. The smallest absolute Gasteiger partial charge is 0.0575 e. The van der Waals surface area contributed by atoms with Crippen LogP contribution in [0.1, 0.15) is 6.92 Å². The molecule has 0 bridgehead atoms. The minimum absolute atomic E-state index is 0.598. The normalized spacial score (nSPS) is 11.6. The summed E-state index contributed by atoms with van der Waals surface area (Å²) in [6, 6.07) is 0. The van der Waals surface area contributed by atoms with Crippen molar-refractivity contribution in [2.24, 2.45) is 5.73 Å². The summed E-state index contributed by atoms with van der Waals surface area (Å²) < 4.78 is 0. The summed E-state index contributed by atoms with van der Waals surface area (Å²) in [5, 5.41) is 1.84. The Bertz CT molecular complexity index is 89.6. The van der Waals surface area contributed by atoms with Crippen molar-refractivity contribution in [3.8, 4) is 0 Å². The first-order valence-corrected chi connectivity index (χ1v) is 3.49. The fourth-order valence-corrected chi connectivity index (χ4v) is 0.621. The first-order chi connectivity index (χ1) is 4.85. The molecule has 0 saturated heterocycles. The van der Waals surface area contributed by atoms with Crippen molar-refractivity contribution in [3.63, 3.8) is 0 Å². The van der Waals surface area contributed by atoms with E-state index in [1.165, 1.54) is 0 Å². The summed E-state index contributed by atoms with van der Waals surface area (Å²) in [7, 11) is 1.67. The summed E-state index contributed by atoms with van der Waals surface area (Å²) in [6.45, 7) is 4.34. The van der Waals surface area contributed by atoms with E-state index in [2.05, 4.69) is 0 Å². The van der Waals surface area contributed by atoms with Crippen LogP contribution in [0.3, 0.4) is 0 Å². The molecule has 0 aliphatic carbocycles. The van der Waals surface area contributed by atoms with Crippen LogP contribution in [-0.2, 0) is 4.84 Å². The summed E-state index contributed by atoms with van der Waals surface area (Å²) in [5.74, 6) is 0. The van der Waals surface area contributed by atoms with E-state index in [1.54, 1.807) is 7.11 Å². The van der Waals surface area contributed by atoms with Crippen LogP contribution < -0.4 is 5.73 Å². The molecular weight excluding hydrogens is 128 g/mol. The van der Waals surface area contributed by atoms with Crippen molar-refractivity contribution in [1.82, 2.24) is 5.06 Å². The maximum Gasteiger partial charge on any atom is 0.0575 e. The van der Waals surface area contributed by atoms with E-state index in [9.17, 15) is 0 Å². The molecule has 0 rings (SSSR count). The van der Waals surface area contributed by atoms with Gasteiger partial charge in [0.25, 0.3) is 0 Å². The number of rotatable bonds is 5. The van der Waals surface area contributed by atoms with Crippen LogP contribution >= 0.6 is 0 Å². The van der Waals surface area contributed by atoms with Crippen LogP contribution in [0.5, 0.6) is 0 Å². The van der Waals surface area contributed by atoms with Gasteiger partial charge in [0.05, 0.1) is 7.11 Å². The molecule has 0 unspecified atom stereocenters. The van der Waals surface area contributed by atoms with Gasteiger partial charge < -0.3 is 10.6 Å². The molecule has 3 heteroatoms. The number of hydrogen-bond donors (Lipinski definition) is 1. The van der Waals surface area contributed by atoms with E-state index in [-0.39, 0.29) is 0 Å². The molecule has 60 valence electrons. The number of hydrogen-bond acceptors (Lipinski definition) is 3. The molecule has 0 spiro atoms. The van der Waals surface area contributed by atoms with Crippen molar-refractivity contribution in [2.45, 2.75) is 6.92 Å². The maximum atomic E-state index is 5.25. The molecule has 0 atom stereocenters. The molecule has 0 aromatic carbocycles. The molecule has 0 aromatic rings. The first-order valence-electron chi connectivity index (χ1n) is 3.49. The van der Waals surface area contributed by atoms with Gasteiger partial charge in [-0.15, -0.1) is 0 Å². The Hall–Kier alpha value is -0.380. The van der Waals surface area contributed by atoms with Crippen LogP contribution in [0.4, 0.5) is 0 Å². The molecule has 0 saturated carbocycles. The van der Waals surface area contributed by atoms with E-state index >= 15 is 0 Å². The molecule has 0 aromatic heterocycles. The lowest BCUT2D eigenvalue weighted by molar-refractivity contribution is -0.118. The summed E-state index contributed by atoms with van der Waals surface area (Å²) >= 11 is 0. The Morgan fingerprint density at radius 2 is 2.20 bits per heavy atom. The fraction of sp³-hybridized carbons (Fsp3) is 0.714. The van der Waals surface area contributed by atoms with Crippen LogP contribution in [0, 0.1) is 0 Å². The third-order valence-electron chi connectivity index (χ3n) is 1.22. The van der Waals surface area contributed by atoms with Crippen LogP contribution in [0.2, 0.25) is 0 Å². The third-order valence-corrected chi connectivity index (χ3v) is 1.22. The zero-order valence-corrected chi connectivity index (χ0v) is 6.71. The van der Waals surface area contributed by atoms with Gasteiger partial charge in [-0.25, -0.2) is 0 Å². The van der Waals surface area contributed by atoms with Crippen molar-refractivity contribution in [3.05, 3.63) is 12.2 Å². The van der Waals surface area contributed by atoms with Gasteiger partial charge >= 0.3 is 0 Å². The molecular formula is C7H16N2O. The highest BCUT2D eigenvalue weighted by molar-refractivity contribution is 4.83. The second-order valence-electron chi connectivity index (χ2n) is 1.87. The molecule has 0 aliphatic heterocycles. The Morgan fingerprint density at radius 3 is 2.60 bits per heavy atom. The van der Waals surface area contributed by atoms with Crippen molar-refractivity contribution >= 4 is 0 Å². The molecule has 3 nitrogen and oxygen atoms in total. The quantitative estimate of drug-likeness (QED) is 0.448. The van der Waals surface area contributed by atoms with E-state index in [1.807, 2.05) is 24.1 Å². The Kier molecular flexibility index (Phi) is 6.48. The second kappa shape index (κ2) is 6.74. The van der Waals surface area contributed by atoms with Crippen molar-refractivity contribution < 1.29 is 4.84 Å². The number of hydroxylamine groups is 2. The highest BCUT2D eigenvalue weighted by atomic mass is 16.7. The van der Waals surface area contributed by atoms with Crippen LogP contribution in [0.25, 0.3) is 0 Å². The lowest BCUT2D eigenvalue weighted by Gasteiger charge is -2.13. The minimum Gasteiger partial charge on any atom is -0.327 e. The molecule has 10 heavy (non-hydrogen) atoms. The number of nitrogens with two attached hydrogens (primary N) is 1. The molecule has 0 heterocycles. The molecule has 0 fully saturated rings. The van der Waals surface area contributed by atoms with Gasteiger partial charge in [-0.2, -0.15) is 5.06 Å². The van der Waals surface area contributed by atoms with Crippen molar-refractivity contribution in [1.29, 1.82) is 0 Å². The van der Waals surface area contributed by atoms with Gasteiger partial charge in [0.1, 0.15) is 0 Å². The summed E-state index contributed by atoms with van der Waals surface area (Å²) in [4.78, 5) is 4.99. The molecule has 0 radical (unpaired) electrons. The van der Waals surface area contributed by atoms with Crippen LogP contribution in [-0.4, -0.2) is 31.8 Å². The zero-order chi connectivity index (χ0) is 7.82. The largest absolute Gasteiger partial charge is 0.327 e. The topological polar surface area (TPSA) is 38.5 Å². The number of likely N-dealkylation sites (N-methyl/N-ethyl adjacent to an activating group) is 1. The van der Waals surface area contributed by atoms with Crippen LogP contribution in [0.15, 0.2) is 12.2 Å². The van der Waals surface area contributed by atoms with E-state index in [4.69, 9.17) is 10.6 Å². The second-order valence-corrected chi connectivity index (χ2v) is 1.87. The number of nitrogens with zero attached hydrogens (tertiary/aromatic N) is 1. The summed E-state index contributed by atoms with van der Waals surface area (Å²) in [5.41, 5.74) is 5.25. The molecule has 0 aliphatic rings. The predicted octanol–water partition coefficient (Wildman–Crippen LogP) is 0.385. The highest BCUT2D eigenvalue weighted by Gasteiger charge is 1.93. The van der Waals surface area contributed by atoms with Gasteiger partial charge in [-0.3, -0.25) is 0 Å². The van der Waals surface area contributed by atoms with E-state index < -0.39 is 0 Å². The lowest BCUT2D eigenvalue weighted by Crippen LogP contribution is -2.21. The standard InChI is InChI=1S/C7H16N2O/c1-3-9(10-2)7-5-4-6-8/h4-5H,3,6-8H2,1-2H3/b5-4+.